The van der Waals surface area contributed by atoms with Crippen LogP contribution in [0.5, 0.6) is 0 Å². The molecule has 1 fully saturated rings. The highest BCUT2D eigenvalue weighted by Crippen LogP contribution is 2.37. The van der Waals surface area contributed by atoms with Crippen LogP contribution in [0, 0.1) is 0 Å². The second-order valence-corrected chi connectivity index (χ2v) is 13.9. The molecule has 2 atom stereocenters. The normalized spacial score (nSPS) is 23.8. The average Bonchev–Trinajstić information content (AvgIpc) is 2.33. The van der Waals surface area contributed by atoms with Crippen LogP contribution in [0.4, 0.5) is 4.79 Å². The van der Waals surface area contributed by atoms with Crippen molar-refractivity contribution in [1.29, 1.82) is 0 Å². The molecular formula is C17H35NO4Si. The average molecular weight is 346 g/mol. The van der Waals surface area contributed by atoms with Gasteiger partial charge in [0, 0.05) is 0 Å². The number of hydrogen-bond donors (Lipinski definition) is 1. The minimum atomic E-state index is -1.86. The molecule has 6 heteroatoms. The molecule has 0 unspecified atom stereocenters. The summed E-state index contributed by atoms with van der Waals surface area (Å²) in [6, 6.07) is -0.0256. The number of carbonyl (C=O) groups is 1. The van der Waals surface area contributed by atoms with E-state index in [1.807, 2.05) is 20.8 Å². The molecule has 0 bridgehead atoms. The molecule has 0 aromatic heterocycles. The maximum absolute atomic E-state index is 12.4. The monoisotopic (exact) mass is 345 g/mol. The number of β-amino-alcohol motifs (C(OH)–C–C–N with tert-alkyl or cyclic N) is 1. The maximum atomic E-state index is 12.4. The van der Waals surface area contributed by atoms with Gasteiger partial charge in [0.05, 0.1) is 25.3 Å². The van der Waals surface area contributed by atoms with Crippen molar-refractivity contribution in [2.45, 2.75) is 90.3 Å². The summed E-state index contributed by atoms with van der Waals surface area (Å²) < 4.78 is 11.8. The zero-order valence-electron chi connectivity index (χ0n) is 16.1. The fourth-order valence-corrected chi connectivity index (χ4v) is 3.29. The van der Waals surface area contributed by atoms with Gasteiger partial charge in [0.1, 0.15) is 5.60 Å². The third kappa shape index (κ3) is 6.08. The van der Waals surface area contributed by atoms with Crippen molar-refractivity contribution in [1.82, 2.24) is 4.90 Å². The van der Waals surface area contributed by atoms with E-state index in [2.05, 4.69) is 33.9 Å². The second-order valence-electron chi connectivity index (χ2n) is 9.09. The number of piperidine rings is 1. The Balaban J connectivity index is 2.76. The van der Waals surface area contributed by atoms with Crippen molar-refractivity contribution in [2.75, 3.05) is 13.2 Å². The van der Waals surface area contributed by atoms with E-state index in [0.29, 0.717) is 19.6 Å². The number of carbonyl (C=O) groups excluding carboxylic acids is 1. The van der Waals surface area contributed by atoms with E-state index in [1.54, 1.807) is 4.90 Å². The number of nitrogens with zero attached hydrogens (tertiary/aromatic N) is 1. The van der Waals surface area contributed by atoms with Gasteiger partial charge in [0.15, 0.2) is 8.32 Å². The first-order chi connectivity index (χ1) is 10.2. The van der Waals surface area contributed by atoms with E-state index in [9.17, 15) is 9.90 Å². The van der Waals surface area contributed by atoms with Crippen LogP contribution in [0.2, 0.25) is 18.1 Å². The van der Waals surface area contributed by atoms with E-state index in [-0.39, 0.29) is 17.2 Å². The number of likely N-dealkylation sites (tertiary alicyclic amines) is 1. The molecule has 1 rings (SSSR count). The standard InChI is InChI=1S/C17H35NO4Si/c1-16(2,3)22-15(20)18-11-14(19)10-9-13(18)12-21-23(7,8)17(4,5)6/h13-14,19H,9-12H2,1-8H3/t13-,14+/m0/s1. The van der Waals surface area contributed by atoms with E-state index < -0.39 is 20.0 Å². The lowest BCUT2D eigenvalue weighted by Crippen LogP contribution is -2.54. The predicted molar refractivity (Wildman–Crippen MR) is 95.1 cm³/mol. The van der Waals surface area contributed by atoms with Crippen molar-refractivity contribution in [3.63, 3.8) is 0 Å². The van der Waals surface area contributed by atoms with Crippen molar-refractivity contribution < 1.29 is 19.1 Å². The SMILES string of the molecule is CC(C)(C)OC(=O)N1C[C@H](O)CC[C@H]1CO[Si](C)(C)C(C)(C)C. The fourth-order valence-electron chi connectivity index (χ4n) is 2.25. The quantitative estimate of drug-likeness (QED) is 0.791. The van der Waals surface area contributed by atoms with Gasteiger partial charge in [-0.15, -0.1) is 0 Å². The number of amides is 1. The molecule has 0 radical (unpaired) electrons. The Morgan fingerprint density at radius 2 is 1.74 bits per heavy atom. The molecule has 0 aromatic carbocycles. The largest absolute Gasteiger partial charge is 0.444 e. The van der Waals surface area contributed by atoms with Gasteiger partial charge in [-0.1, -0.05) is 20.8 Å². The minimum absolute atomic E-state index is 0.0256. The Bertz CT molecular complexity index is 412. The van der Waals surface area contributed by atoms with Crippen molar-refractivity contribution in [3.8, 4) is 0 Å². The summed E-state index contributed by atoms with van der Waals surface area (Å²) in [6.07, 6.45) is 0.603. The molecule has 0 aliphatic carbocycles. The van der Waals surface area contributed by atoms with Crippen LogP contribution in [0.25, 0.3) is 0 Å². The van der Waals surface area contributed by atoms with Crippen molar-refractivity contribution in [3.05, 3.63) is 0 Å². The highest BCUT2D eigenvalue weighted by Gasteiger charge is 2.40. The lowest BCUT2D eigenvalue weighted by molar-refractivity contribution is -0.0212. The second kappa shape index (κ2) is 7.11. The highest BCUT2D eigenvalue weighted by molar-refractivity contribution is 6.74. The minimum Gasteiger partial charge on any atom is -0.444 e. The van der Waals surface area contributed by atoms with E-state index in [0.717, 1.165) is 6.42 Å². The lowest BCUT2D eigenvalue weighted by Gasteiger charge is -2.42. The summed E-state index contributed by atoms with van der Waals surface area (Å²) in [7, 11) is -1.86. The Kier molecular flexibility index (Phi) is 6.32. The summed E-state index contributed by atoms with van der Waals surface area (Å²) in [5.74, 6) is 0. The van der Waals surface area contributed by atoms with Gasteiger partial charge in [-0.25, -0.2) is 4.79 Å². The van der Waals surface area contributed by atoms with E-state index in [4.69, 9.17) is 9.16 Å². The third-order valence-corrected chi connectivity index (χ3v) is 9.25. The van der Waals surface area contributed by atoms with Gasteiger partial charge in [-0.3, -0.25) is 0 Å². The van der Waals surface area contributed by atoms with Crippen LogP contribution in [-0.2, 0) is 9.16 Å². The maximum Gasteiger partial charge on any atom is 0.410 e. The predicted octanol–water partition coefficient (Wildman–Crippen LogP) is 3.77. The van der Waals surface area contributed by atoms with Crippen LogP contribution in [-0.4, -0.2) is 55.3 Å². The Morgan fingerprint density at radius 3 is 2.22 bits per heavy atom. The third-order valence-electron chi connectivity index (χ3n) is 4.75. The Labute approximate surface area is 142 Å². The zero-order valence-corrected chi connectivity index (χ0v) is 17.1. The van der Waals surface area contributed by atoms with Crippen LogP contribution < -0.4 is 0 Å². The number of rotatable bonds is 3. The van der Waals surface area contributed by atoms with Crippen molar-refractivity contribution >= 4 is 14.4 Å². The molecule has 5 nitrogen and oxygen atoms in total. The summed E-state index contributed by atoms with van der Waals surface area (Å²) in [5, 5.41) is 10.1. The first-order valence-corrected chi connectivity index (χ1v) is 11.5. The summed E-state index contributed by atoms with van der Waals surface area (Å²) >= 11 is 0. The van der Waals surface area contributed by atoms with Gasteiger partial charge in [-0.2, -0.15) is 0 Å². The van der Waals surface area contributed by atoms with Crippen LogP contribution in [0.1, 0.15) is 54.4 Å². The topological polar surface area (TPSA) is 59.0 Å². The first kappa shape index (κ1) is 20.5. The van der Waals surface area contributed by atoms with Crippen molar-refractivity contribution in [2.24, 2.45) is 0 Å². The van der Waals surface area contributed by atoms with Gasteiger partial charge >= 0.3 is 6.09 Å². The number of ether oxygens (including phenoxy) is 1. The molecule has 0 spiro atoms. The van der Waals surface area contributed by atoms with E-state index >= 15 is 0 Å². The summed E-state index contributed by atoms with van der Waals surface area (Å²) in [6.45, 7) is 17.4. The summed E-state index contributed by atoms with van der Waals surface area (Å²) in [4.78, 5) is 14.1. The van der Waals surface area contributed by atoms with E-state index in [1.165, 1.54) is 0 Å². The Hall–Kier alpha value is -0.593. The zero-order chi connectivity index (χ0) is 18.1. The van der Waals surface area contributed by atoms with Crippen LogP contribution >= 0.6 is 0 Å². The molecule has 1 aliphatic rings. The van der Waals surface area contributed by atoms with Gasteiger partial charge in [-0.05, 0) is 51.7 Å². The molecule has 136 valence electrons. The molecule has 23 heavy (non-hydrogen) atoms. The van der Waals surface area contributed by atoms with Gasteiger partial charge in [0.25, 0.3) is 0 Å². The molecular weight excluding hydrogens is 310 g/mol. The summed E-state index contributed by atoms with van der Waals surface area (Å²) in [5.41, 5.74) is -0.537. The molecule has 1 saturated heterocycles. The van der Waals surface area contributed by atoms with Crippen LogP contribution in [0.3, 0.4) is 0 Å². The molecule has 1 aliphatic heterocycles. The molecule has 0 saturated carbocycles. The Morgan fingerprint density at radius 1 is 1.17 bits per heavy atom. The number of aliphatic hydroxyl groups is 1. The molecule has 0 aromatic rings. The molecule has 1 N–H and O–H groups in total. The smallest absolute Gasteiger partial charge is 0.410 e. The number of hydrogen-bond acceptors (Lipinski definition) is 4. The van der Waals surface area contributed by atoms with Gasteiger partial charge in [0.2, 0.25) is 0 Å². The molecule has 1 amide bonds. The lowest BCUT2D eigenvalue weighted by atomic mass is 10.0. The first-order valence-electron chi connectivity index (χ1n) is 8.54. The number of aliphatic hydroxyl groups excluding tert-OH is 1. The van der Waals surface area contributed by atoms with Gasteiger partial charge < -0.3 is 19.2 Å². The molecule has 1 heterocycles. The highest BCUT2D eigenvalue weighted by atomic mass is 28.4. The van der Waals surface area contributed by atoms with Crippen LogP contribution in [0.15, 0.2) is 0 Å². The fraction of sp³-hybridized carbons (Fsp3) is 0.941.